The summed E-state index contributed by atoms with van der Waals surface area (Å²) in [5, 5.41) is 12.1. The van der Waals surface area contributed by atoms with E-state index in [1.807, 2.05) is 6.92 Å². The largest absolute Gasteiger partial charge is 0.391 e. The van der Waals surface area contributed by atoms with Gasteiger partial charge in [0.25, 0.3) is 5.91 Å². The van der Waals surface area contributed by atoms with Crippen LogP contribution in [0.2, 0.25) is 0 Å². The van der Waals surface area contributed by atoms with Crippen LogP contribution in [-0.4, -0.2) is 38.1 Å². The molecule has 0 unspecified atom stereocenters. The number of benzene rings is 1. The number of sulfonamides is 1. The topological polar surface area (TPSA) is 95.5 Å². The molecule has 1 fully saturated rings. The molecule has 0 spiro atoms. The van der Waals surface area contributed by atoms with Crippen LogP contribution in [0.1, 0.15) is 43.0 Å². The van der Waals surface area contributed by atoms with Crippen LogP contribution in [0, 0.1) is 5.82 Å². The van der Waals surface area contributed by atoms with Gasteiger partial charge in [0.15, 0.2) is 0 Å². The van der Waals surface area contributed by atoms with Crippen LogP contribution < -0.4 is 10.0 Å². The highest BCUT2D eigenvalue weighted by atomic mass is 32.2. The Hall–Kier alpha value is -1.51. The third-order valence-corrected chi connectivity index (χ3v) is 5.04. The maximum Gasteiger partial charge on any atom is 0.251 e. The fourth-order valence-corrected chi connectivity index (χ4v) is 3.49. The van der Waals surface area contributed by atoms with E-state index in [4.69, 9.17) is 0 Å². The molecule has 3 N–H and O–H groups in total. The molecule has 2 rings (SSSR count). The minimum absolute atomic E-state index is 0.0336. The van der Waals surface area contributed by atoms with Gasteiger partial charge in [0, 0.05) is 18.2 Å². The predicted molar refractivity (Wildman–Crippen MR) is 83.0 cm³/mol. The Balaban J connectivity index is 2.11. The average molecular weight is 344 g/mol. The first-order valence-electron chi connectivity index (χ1n) is 7.61. The van der Waals surface area contributed by atoms with Crippen molar-refractivity contribution in [3.63, 3.8) is 0 Å². The van der Waals surface area contributed by atoms with Crippen LogP contribution in [0.3, 0.4) is 0 Å². The van der Waals surface area contributed by atoms with Gasteiger partial charge in [-0.2, -0.15) is 0 Å². The van der Waals surface area contributed by atoms with E-state index in [9.17, 15) is 22.7 Å². The third-order valence-electron chi connectivity index (χ3n) is 3.50. The zero-order valence-corrected chi connectivity index (χ0v) is 13.7. The summed E-state index contributed by atoms with van der Waals surface area (Å²) in [7, 11) is -3.98. The number of nitrogens with one attached hydrogen (secondary N) is 2. The van der Waals surface area contributed by atoms with Gasteiger partial charge >= 0.3 is 0 Å². The number of halogens is 1. The van der Waals surface area contributed by atoms with E-state index in [1.165, 1.54) is 6.07 Å². The standard InChI is InChI=1S/C15H21FN2O4S/c1-2-3-12(19)9-17-15(20)10-4-7-13(16)14(8-10)23(21,22)18-11-5-6-11/h4,7-8,11-12,18-19H,2-3,5-6,9H2,1H3,(H,17,20)/t12-/m0/s1. The Morgan fingerprint density at radius 1 is 1.43 bits per heavy atom. The van der Waals surface area contributed by atoms with E-state index < -0.39 is 32.7 Å². The van der Waals surface area contributed by atoms with Crippen molar-refractivity contribution >= 4 is 15.9 Å². The van der Waals surface area contributed by atoms with E-state index >= 15 is 0 Å². The van der Waals surface area contributed by atoms with Gasteiger partial charge in [0.2, 0.25) is 10.0 Å². The van der Waals surface area contributed by atoms with Crippen LogP contribution in [-0.2, 0) is 10.0 Å². The summed E-state index contributed by atoms with van der Waals surface area (Å²) in [4.78, 5) is 11.5. The first-order valence-corrected chi connectivity index (χ1v) is 9.10. The molecular weight excluding hydrogens is 323 g/mol. The lowest BCUT2D eigenvalue weighted by Gasteiger charge is -2.12. The van der Waals surface area contributed by atoms with Gasteiger partial charge in [0.1, 0.15) is 10.7 Å². The molecule has 128 valence electrons. The lowest BCUT2D eigenvalue weighted by molar-refractivity contribution is 0.0910. The molecule has 1 amide bonds. The fourth-order valence-electron chi connectivity index (χ4n) is 2.08. The van der Waals surface area contributed by atoms with Gasteiger partial charge in [-0.25, -0.2) is 17.5 Å². The maximum absolute atomic E-state index is 13.8. The molecule has 1 aliphatic carbocycles. The fraction of sp³-hybridized carbons (Fsp3) is 0.533. The van der Waals surface area contributed by atoms with E-state index in [1.54, 1.807) is 0 Å². The van der Waals surface area contributed by atoms with E-state index in [-0.39, 0.29) is 18.2 Å². The van der Waals surface area contributed by atoms with Crippen LogP contribution in [0.4, 0.5) is 4.39 Å². The van der Waals surface area contributed by atoms with E-state index in [0.29, 0.717) is 6.42 Å². The van der Waals surface area contributed by atoms with Crippen LogP contribution in [0.25, 0.3) is 0 Å². The maximum atomic E-state index is 13.8. The Kier molecular flexibility index (Phi) is 5.72. The molecule has 23 heavy (non-hydrogen) atoms. The van der Waals surface area contributed by atoms with Crippen molar-refractivity contribution in [3.8, 4) is 0 Å². The van der Waals surface area contributed by atoms with Gasteiger partial charge in [0.05, 0.1) is 6.10 Å². The van der Waals surface area contributed by atoms with E-state index in [2.05, 4.69) is 10.0 Å². The van der Waals surface area contributed by atoms with Crippen LogP contribution in [0.15, 0.2) is 23.1 Å². The normalized spacial score (nSPS) is 16.1. The monoisotopic (exact) mass is 344 g/mol. The number of hydrogen-bond donors (Lipinski definition) is 3. The van der Waals surface area contributed by atoms with Crippen molar-refractivity contribution in [2.45, 2.75) is 49.6 Å². The lowest BCUT2D eigenvalue weighted by atomic mass is 10.2. The van der Waals surface area contributed by atoms with Gasteiger partial charge in [-0.1, -0.05) is 13.3 Å². The summed E-state index contributed by atoms with van der Waals surface area (Å²) in [5.74, 6) is -1.45. The van der Waals surface area contributed by atoms with E-state index in [0.717, 1.165) is 31.4 Å². The Morgan fingerprint density at radius 3 is 2.74 bits per heavy atom. The number of aliphatic hydroxyl groups is 1. The third kappa shape index (κ3) is 4.98. The molecule has 0 bridgehead atoms. The highest BCUT2D eigenvalue weighted by molar-refractivity contribution is 7.89. The molecule has 1 saturated carbocycles. The summed E-state index contributed by atoms with van der Waals surface area (Å²) < 4.78 is 40.4. The summed E-state index contributed by atoms with van der Waals surface area (Å²) in [5.41, 5.74) is 0.0336. The molecule has 8 heteroatoms. The highest BCUT2D eigenvalue weighted by Crippen LogP contribution is 2.24. The summed E-state index contributed by atoms with van der Waals surface area (Å²) in [6, 6.07) is 3.04. The summed E-state index contributed by atoms with van der Waals surface area (Å²) in [6.07, 6.45) is 2.13. The number of rotatable bonds is 8. The van der Waals surface area contributed by atoms with Crippen molar-refractivity contribution in [2.75, 3.05) is 6.54 Å². The molecule has 1 aromatic carbocycles. The molecule has 0 saturated heterocycles. The van der Waals surface area contributed by atoms with Gasteiger partial charge in [-0.3, -0.25) is 4.79 Å². The lowest BCUT2D eigenvalue weighted by Crippen LogP contribution is -2.32. The van der Waals surface area contributed by atoms with Crippen molar-refractivity contribution in [2.24, 2.45) is 0 Å². The van der Waals surface area contributed by atoms with Gasteiger partial charge in [-0.05, 0) is 37.5 Å². The molecule has 1 atom stereocenters. The number of carbonyl (C=O) groups is 1. The number of amides is 1. The van der Waals surface area contributed by atoms with Crippen LogP contribution >= 0.6 is 0 Å². The number of aliphatic hydroxyl groups excluding tert-OH is 1. The minimum Gasteiger partial charge on any atom is -0.391 e. The quantitative estimate of drug-likeness (QED) is 0.659. The molecule has 1 aliphatic rings. The molecular formula is C15H21FN2O4S. The first kappa shape index (κ1) is 17.8. The van der Waals surface area contributed by atoms with Crippen molar-refractivity contribution < 1.29 is 22.7 Å². The van der Waals surface area contributed by atoms with Crippen molar-refractivity contribution in [1.82, 2.24) is 10.0 Å². The summed E-state index contributed by atoms with van der Waals surface area (Å²) >= 11 is 0. The predicted octanol–water partition coefficient (Wildman–Crippen LogP) is 1.16. The highest BCUT2D eigenvalue weighted by Gasteiger charge is 2.30. The molecule has 0 aliphatic heterocycles. The summed E-state index contributed by atoms with van der Waals surface area (Å²) in [6.45, 7) is 1.97. The SMILES string of the molecule is CCC[C@H](O)CNC(=O)c1ccc(F)c(S(=O)(=O)NC2CC2)c1. The molecule has 1 aromatic rings. The van der Waals surface area contributed by atoms with Crippen molar-refractivity contribution in [3.05, 3.63) is 29.6 Å². The van der Waals surface area contributed by atoms with Gasteiger partial charge < -0.3 is 10.4 Å². The second-order valence-electron chi connectivity index (χ2n) is 5.69. The molecule has 0 heterocycles. The number of hydrogen-bond acceptors (Lipinski definition) is 4. The molecule has 6 nitrogen and oxygen atoms in total. The van der Waals surface area contributed by atoms with Gasteiger partial charge in [-0.15, -0.1) is 0 Å². The zero-order valence-electron chi connectivity index (χ0n) is 12.9. The van der Waals surface area contributed by atoms with Crippen LogP contribution in [0.5, 0.6) is 0 Å². The second-order valence-corrected chi connectivity index (χ2v) is 7.38. The number of carbonyl (C=O) groups excluding carboxylic acids is 1. The van der Waals surface area contributed by atoms with Crippen molar-refractivity contribution in [1.29, 1.82) is 0 Å². The Labute approximate surface area is 135 Å². The molecule has 0 aromatic heterocycles. The Bertz CT molecular complexity index is 674. The Morgan fingerprint density at radius 2 is 2.13 bits per heavy atom. The molecule has 0 radical (unpaired) electrons. The smallest absolute Gasteiger partial charge is 0.251 e. The second kappa shape index (κ2) is 7.37. The minimum atomic E-state index is -3.98. The zero-order chi connectivity index (χ0) is 17.0. The first-order chi connectivity index (χ1) is 10.8. The average Bonchev–Trinajstić information content (AvgIpc) is 3.28.